The molecule has 0 unspecified atom stereocenters. The largest absolute Gasteiger partial charge is 0.491 e. The third kappa shape index (κ3) is 2.85. The molecule has 0 amide bonds. The number of aromatic nitrogens is 2. The summed E-state index contributed by atoms with van der Waals surface area (Å²) in [7, 11) is 1.95. The number of nitrogens with zero attached hydrogens (tertiary/aromatic N) is 2. The Bertz CT molecular complexity index is 575. The van der Waals surface area contributed by atoms with Crippen LogP contribution in [0.15, 0.2) is 24.3 Å². The van der Waals surface area contributed by atoms with E-state index in [4.69, 9.17) is 4.74 Å². The summed E-state index contributed by atoms with van der Waals surface area (Å²) < 4.78 is 7.81. The second-order valence-electron chi connectivity index (χ2n) is 4.91. The van der Waals surface area contributed by atoms with Crippen molar-refractivity contribution >= 4 is 0 Å². The highest BCUT2D eigenvalue weighted by Gasteiger charge is 2.14. The van der Waals surface area contributed by atoms with Gasteiger partial charge in [-0.15, -0.1) is 0 Å². The van der Waals surface area contributed by atoms with Gasteiger partial charge in [-0.2, -0.15) is 5.10 Å². The molecule has 0 aliphatic rings. The van der Waals surface area contributed by atoms with Gasteiger partial charge in [0.05, 0.1) is 12.3 Å². The van der Waals surface area contributed by atoms with Gasteiger partial charge < -0.3 is 10.1 Å². The zero-order valence-electron chi connectivity index (χ0n) is 12.7. The quantitative estimate of drug-likeness (QED) is 0.879. The summed E-state index contributed by atoms with van der Waals surface area (Å²) in [5, 5.41) is 7.86. The Morgan fingerprint density at radius 3 is 2.70 bits per heavy atom. The SMILES string of the molecule is CCCOc1ccccc1-n1nc(C)c(CNC)c1C. The lowest BCUT2D eigenvalue weighted by molar-refractivity contribution is 0.315. The molecule has 4 nitrogen and oxygen atoms in total. The molecule has 2 rings (SSSR count). The zero-order valence-corrected chi connectivity index (χ0v) is 12.7. The second kappa shape index (κ2) is 6.57. The molecule has 0 aliphatic heterocycles. The van der Waals surface area contributed by atoms with Crippen molar-refractivity contribution in [2.24, 2.45) is 0 Å². The molecule has 0 saturated heterocycles. The number of rotatable bonds is 6. The maximum absolute atomic E-state index is 5.83. The van der Waals surface area contributed by atoms with Crippen LogP contribution < -0.4 is 10.1 Å². The van der Waals surface area contributed by atoms with Gasteiger partial charge in [0.2, 0.25) is 0 Å². The Labute approximate surface area is 120 Å². The van der Waals surface area contributed by atoms with Crippen LogP contribution in [-0.2, 0) is 6.54 Å². The maximum atomic E-state index is 5.83. The van der Waals surface area contributed by atoms with Crippen molar-refractivity contribution in [3.8, 4) is 11.4 Å². The third-order valence-electron chi connectivity index (χ3n) is 3.35. The molecule has 20 heavy (non-hydrogen) atoms. The minimum atomic E-state index is 0.722. The fourth-order valence-corrected chi connectivity index (χ4v) is 2.31. The molecular weight excluding hydrogens is 250 g/mol. The van der Waals surface area contributed by atoms with E-state index in [9.17, 15) is 0 Å². The molecule has 1 N–H and O–H groups in total. The fraction of sp³-hybridized carbons (Fsp3) is 0.438. The summed E-state index contributed by atoms with van der Waals surface area (Å²) in [5.74, 6) is 0.885. The average molecular weight is 273 g/mol. The topological polar surface area (TPSA) is 39.1 Å². The Balaban J connectivity index is 2.43. The minimum Gasteiger partial charge on any atom is -0.491 e. The number of hydrogen-bond acceptors (Lipinski definition) is 3. The molecule has 2 aromatic rings. The predicted octanol–water partition coefficient (Wildman–Crippen LogP) is 3.00. The Kier molecular flexibility index (Phi) is 4.79. The monoisotopic (exact) mass is 273 g/mol. The summed E-state index contributed by atoms with van der Waals surface area (Å²) in [4.78, 5) is 0. The van der Waals surface area contributed by atoms with Crippen LogP contribution in [0.1, 0.15) is 30.3 Å². The van der Waals surface area contributed by atoms with E-state index in [0.29, 0.717) is 0 Å². The van der Waals surface area contributed by atoms with Gasteiger partial charge in [0.25, 0.3) is 0 Å². The van der Waals surface area contributed by atoms with Crippen molar-refractivity contribution in [3.63, 3.8) is 0 Å². The van der Waals surface area contributed by atoms with Crippen LogP contribution >= 0.6 is 0 Å². The van der Waals surface area contributed by atoms with Crippen LogP contribution in [0.3, 0.4) is 0 Å². The van der Waals surface area contributed by atoms with Gasteiger partial charge in [0.1, 0.15) is 11.4 Å². The van der Waals surface area contributed by atoms with E-state index in [2.05, 4.69) is 24.3 Å². The zero-order chi connectivity index (χ0) is 14.5. The number of para-hydroxylation sites is 2. The van der Waals surface area contributed by atoms with Crippen molar-refractivity contribution in [3.05, 3.63) is 41.2 Å². The van der Waals surface area contributed by atoms with E-state index in [-0.39, 0.29) is 0 Å². The Morgan fingerprint density at radius 1 is 1.25 bits per heavy atom. The summed E-state index contributed by atoms with van der Waals surface area (Å²) >= 11 is 0. The van der Waals surface area contributed by atoms with Gasteiger partial charge in [-0.05, 0) is 39.4 Å². The van der Waals surface area contributed by atoms with Gasteiger partial charge in [0.15, 0.2) is 0 Å². The summed E-state index contributed by atoms with van der Waals surface area (Å²) in [6.45, 7) is 7.81. The normalized spacial score (nSPS) is 10.8. The molecule has 0 saturated carbocycles. The average Bonchev–Trinajstić information content (AvgIpc) is 2.74. The highest BCUT2D eigenvalue weighted by Crippen LogP contribution is 2.25. The predicted molar refractivity (Wildman–Crippen MR) is 81.6 cm³/mol. The van der Waals surface area contributed by atoms with Crippen molar-refractivity contribution in [1.82, 2.24) is 15.1 Å². The summed E-state index contributed by atoms with van der Waals surface area (Å²) in [6, 6.07) is 8.06. The van der Waals surface area contributed by atoms with E-state index >= 15 is 0 Å². The number of ether oxygens (including phenoxy) is 1. The van der Waals surface area contributed by atoms with Crippen LogP contribution in [0.5, 0.6) is 5.75 Å². The number of nitrogens with one attached hydrogen (secondary N) is 1. The van der Waals surface area contributed by atoms with Gasteiger partial charge in [0, 0.05) is 17.8 Å². The van der Waals surface area contributed by atoms with Crippen molar-refractivity contribution in [1.29, 1.82) is 0 Å². The number of hydrogen-bond donors (Lipinski definition) is 1. The van der Waals surface area contributed by atoms with Crippen LogP contribution in [0.2, 0.25) is 0 Å². The van der Waals surface area contributed by atoms with Crippen molar-refractivity contribution < 1.29 is 4.74 Å². The van der Waals surface area contributed by atoms with E-state index in [1.807, 2.05) is 42.9 Å². The molecule has 1 heterocycles. The van der Waals surface area contributed by atoms with E-state index in [1.54, 1.807) is 0 Å². The van der Waals surface area contributed by atoms with Crippen molar-refractivity contribution in [2.45, 2.75) is 33.7 Å². The Hall–Kier alpha value is -1.81. The first-order chi connectivity index (χ1) is 9.69. The number of aryl methyl sites for hydroxylation is 1. The molecule has 1 aromatic carbocycles. The molecule has 1 aromatic heterocycles. The van der Waals surface area contributed by atoms with Gasteiger partial charge in [-0.3, -0.25) is 0 Å². The van der Waals surface area contributed by atoms with Crippen LogP contribution in [0, 0.1) is 13.8 Å². The van der Waals surface area contributed by atoms with Crippen LogP contribution in [0.25, 0.3) is 5.69 Å². The molecule has 108 valence electrons. The minimum absolute atomic E-state index is 0.722. The Morgan fingerprint density at radius 2 is 2.00 bits per heavy atom. The van der Waals surface area contributed by atoms with E-state index in [0.717, 1.165) is 42.4 Å². The van der Waals surface area contributed by atoms with Crippen LogP contribution in [-0.4, -0.2) is 23.4 Å². The second-order valence-corrected chi connectivity index (χ2v) is 4.91. The molecular formula is C16H23N3O. The van der Waals surface area contributed by atoms with E-state index in [1.165, 1.54) is 5.56 Å². The number of benzene rings is 1. The molecule has 0 bridgehead atoms. The lowest BCUT2D eigenvalue weighted by atomic mass is 10.2. The lowest BCUT2D eigenvalue weighted by Crippen LogP contribution is -2.08. The highest BCUT2D eigenvalue weighted by molar-refractivity contribution is 5.48. The van der Waals surface area contributed by atoms with Gasteiger partial charge in [-0.1, -0.05) is 19.1 Å². The van der Waals surface area contributed by atoms with E-state index < -0.39 is 0 Å². The molecule has 0 aliphatic carbocycles. The van der Waals surface area contributed by atoms with Gasteiger partial charge >= 0.3 is 0 Å². The first-order valence-electron chi connectivity index (χ1n) is 7.11. The first kappa shape index (κ1) is 14.6. The van der Waals surface area contributed by atoms with Crippen molar-refractivity contribution in [2.75, 3.05) is 13.7 Å². The van der Waals surface area contributed by atoms with Gasteiger partial charge in [-0.25, -0.2) is 4.68 Å². The standard InChI is InChI=1S/C16H23N3O/c1-5-10-20-16-9-7-6-8-15(16)19-13(3)14(11-17-4)12(2)18-19/h6-9,17H,5,10-11H2,1-4H3. The molecule has 0 radical (unpaired) electrons. The molecule has 0 spiro atoms. The summed E-state index contributed by atoms with van der Waals surface area (Å²) in [5.41, 5.74) is 4.47. The molecule has 4 heteroatoms. The smallest absolute Gasteiger partial charge is 0.144 e. The fourth-order valence-electron chi connectivity index (χ4n) is 2.31. The highest BCUT2D eigenvalue weighted by atomic mass is 16.5. The first-order valence-corrected chi connectivity index (χ1v) is 7.11. The van der Waals surface area contributed by atoms with Crippen LogP contribution in [0.4, 0.5) is 0 Å². The maximum Gasteiger partial charge on any atom is 0.144 e. The molecule has 0 fully saturated rings. The lowest BCUT2D eigenvalue weighted by Gasteiger charge is -2.12. The third-order valence-corrected chi connectivity index (χ3v) is 3.35. The molecule has 0 atom stereocenters. The summed E-state index contributed by atoms with van der Waals surface area (Å²) in [6.07, 6.45) is 0.996.